The first kappa shape index (κ1) is 17.0. The molecule has 2 heterocycles. The largest absolute Gasteiger partial charge is 0.385 e. The Bertz CT molecular complexity index is 592. The van der Waals surface area contributed by atoms with Crippen molar-refractivity contribution in [1.82, 2.24) is 15.2 Å². The maximum absolute atomic E-state index is 12.5. The highest BCUT2D eigenvalue weighted by Gasteiger charge is 2.35. The number of rotatable bonds is 3. The summed E-state index contributed by atoms with van der Waals surface area (Å²) in [7, 11) is 0. The molecule has 1 fully saturated rings. The van der Waals surface area contributed by atoms with Crippen molar-refractivity contribution in [3.05, 3.63) is 41.7 Å². The molecule has 5 heteroatoms. The number of aliphatic hydroxyl groups is 1. The average molecular weight is 329 g/mol. The number of hydrogen-bond acceptors (Lipinski definition) is 3. The lowest BCUT2D eigenvalue weighted by Crippen LogP contribution is -2.50. The first-order chi connectivity index (χ1) is 11.6. The minimum atomic E-state index is -0.872. The molecule has 0 bridgehead atoms. The third-order valence-corrected chi connectivity index (χ3v) is 5.30. The minimum Gasteiger partial charge on any atom is -0.385 e. The average Bonchev–Trinajstić information content (AvgIpc) is 2.63. The Labute approximate surface area is 143 Å². The molecule has 1 aromatic rings. The molecule has 1 aromatic heterocycles. The fraction of sp³-hybridized carbons (Fsp3) is 0.579. The van der Waals surface area contributed by atoms with E-state index in [2.05, 4.69) is 23.3 Å². The number of carbonyl (C=O) groups excluding carboxylic acids is 1. The summed E-state index contributed by atoms with van der Waals surface area (Å²) in [5.41, 5.74) is 1.31. The van der Waals surface area contributed by atoms with Gasteiger partial charge in [-0.1, -0.05) is 17.7 Å². The predicted octanol–water partition coefficient (Wildman–Crippen LogP) is 2.96. The molecule has 0 saturated carbocycles. The third-order valence-electron chi connectivity index (χ3n) is 5.30. The van der Waals surface area contributed by atoms with E-state index in [4.69, 9.17) is 0 Å². The van der Waals surface area contributed by atoms with Gasteiger partial charge in [-0.05, 0) is 51.5 Å². The molecule has 0 unspecified atom stereocenters. The van der Waals surface area contributed by atoms with Gasteiger partial charge in [-0.2, -0.15) is 0 Å². The molecule has 24 heavy (non-hydrogen) atoms. The number of hydrogen-bond donors (Lipinski definition) is 2. The maximum atomic E-state index is 12.5. The second-order valence-electron chi connectivity index (χ2n) is 6.96. The summed E-state index contributed by atoms with van der Waals surface area (Å²) in [5.74, 6) is 0. The molecule has 1 aliphatic carbocycles. The van der Waals surface area contributed by atoms with E-state index in [0.29, 0.717) is 25.9 Å². The monoisotopic (exact) mass is 329 g/mol. The number of pyridine rings is 1. The first-order valence-corrected chi connectivity index (χ1v) is 8.96. The van der Waals surface area contributed by atoms with Crippen LogP contribution in [0.4, 0.5) is 4.79 Å². The summed E-state index contributed by atoms with van der Waals surface area (Å²) >= 11 is 0. The van der Waals surface area contributed by atoms with E-state index in [9.17, 15) is 9.90 Å². The number of aromatic nitrogens is 1. The van der Waals surface area contributed by atoms with Gasteiger partial charge in [-0.3, -0.25) is 4.98 Å². The molecule has 2 aliphatic rings. The topological polar surface area (TPSA) is 65.5 Å². The number of nitrogens with zero attached hydrogens (tertiary/aromatic N) is 2. The van der Waals surface area contributed by atoms with Crippen LogP contribution in [0.1, 0.15) is 51.0 Å². The van der Waals surface area contributed by atoms with Crippen LogP contribution in [0, 0.1) is 0 Å². The number of piperidine rings is 1. The highest BCUT2D eigenvalue weighted by atomic mass is 16.3. The molecule has 5 nitrogen and oxygen atoms in total. The van der Waals surface area contributed by atoms with Gasteiger partial charge in [0.2, 0.25) is 0 Å². The number of likely N-dealkylation sites (tertiary alicyclic amines) is 1. The lowest BCUT2D eigenvalue weighted by atomic mass is 9.85. The highest BCUT2D eigenvalue weighted by molar-refractivity contribution is 5.75. The fourth-order valence-corrected chi connectivity index (χ4v) is 3.63. The van der Waals surface area contributed by atoms with Crippen LogP contribution >= 0.6 is 0 Å². The molecule has 3 rings (SSSR count). The van der Waals surface area contributed by atoms with E-state index in [1.54, 1.807) is 12.4 Å². The summed E-state index contributed by atoms with van der Waals surface area (Å²) in [4.78, 5) is 18.4. The van der Waals surface area contributed by atoms with Gasteiger partial charge in [0.1, 0.15) is 0 Å². The number of amides is 2. The van der Waals surface area contributed by atoms with E-state index in [0.717, 1.165) is 18.4 Å². The number of nitrogens with one attached hydrogen (secondary N) is 1. The Morgan fingerprint density at radius 1 is 1.38 bits per heavy atom. The van der Waals surface area contributed by atoms with Gasteiger partial charge in [0, 0.05) is 37.1 Å². The lowest BCUT2D eigenvalue weighted by molar-refractivity contribution is -0.0171. The molecule has 130 valence electrons. The molecular weight excluding hydrogens is 302 g/mol. The maximum Gasteiger partial charge on any atom is 0.317 e. The van der Waals surface area contributed by atoms with Crippen LogP contribution in [0.15, 0.2) is 36.2 Å². The Hall–Kier alpha value is -1.88. The second kappa shape index (κ2) is 7.34. The summed E-state index contributed by atoms with van der Waals surface area (Å²) < 4.78 is 0. The molecule has 0 spiro atoms. The molecule has 1 atom stereocenters. The van der Waals surface area contributed by atoms with Gasteiger partial charge in [-0.25, -0.2) is 4.79 Å². The van der Waals surface area contributed by atoms with Gasteiger partial charge in [0.25, 0.3) is 0 Å². The van der Waals surface area contributed by atoms with Crippen LogP contribution in [0.3, 0.4) is 0 Å². The SMILES string of the molecule is C[C@H](NC(=O)N1CCC(O)(c2cccnc2)CC1)C1=CCCCC1. The van der Waals surface area contributed by atoms with Crippen molar-refractivity contribution in [2.24, 2.45) is 0 Å². The van der Waals surface area contributed by atoms with Gasteiger partial charge in [-0.15, -0.1) is 0 Å². The van der Waals surface area contributed by atoms with E-state index in [1.807, 2.05) is 17.0 Å². The van der Waals surface area contributed by atoms with Crippen molar-refractivity contribution >= 4 is 6.03 Å². The zero-order chi connectivity index (χ0) is 17.0. The third kappa shape index (κ3) is 3.78. The van der Waals surface area contributed by atoms with Gasteiger partial charge < -0.3 is 15.3 Å². The zero-order valence-corrected chi connectivity index (χ0v) is 14.4. The Balaban J connectivity index is 1.54. The Kier molecular flexibility index (Phi) is 5.19. The molecule has 2 N–H and O–H groups in total. The minimum absolute atomic E-state index is 0.0257. The molecular formula is C19H27N3O2. The van der Waals surface area contributed by atoms with E-state index in [-0.39, 0.29) is 12.1 Å². The van der Waals surface area contributed by atoms with E-state index < -0.39 is 5.60 Å². The van der Waals surface area contributed by atoms with Crippen molar-refractivity contribution in [2.75, 3.05) is 13.1 Å². The summed E-state index contributed by atoms with van der Waals surface area (Å²) in [6.07, 6.45) is 11.5. The standard InChI is InChI=1S/C19H27N3O2/c1-15(16-6-3-2-4-7-16)21-18(23)22-12-9-19(24,10-13-22)17-8-5-11-20-14-17/h5-6,8,11,14-15,24H,2-4,7,9-10,12-13H2,1H3,(H,21,23)/t15-/m0/s1. The van der Waals surface area contributed by atoms with Crippen LogP contribution in [-0.2, 0) is 5.60 Å². The predicted molar refractivity (Wildman–Crippen MR) is 93.5 cm³/mol. The number of urea groups is 1. The fourth-order valence-electron chi connectivity index (χ4n) is 3.63. The molecule has 0 aromatic carbocycles. The Morgan fingerprint density at radius 2 is 2.17 bits per heavy atom. The van der Waals surface area contributed by atoms with Crippen molar-refractivity contribution in [1.29, 1.82) is 0 Å². The molecule has 1 saturated heterocycles. The van der Waals surface area contributed by atoms with Crippen LogP contribution in [0.2, 0.25) is 0 Å². The van der Waals surface area contributed by atoms with Gasteiger partial charge >= 0.3 is 6.03 Å². The van der Waals surface area contributed by atoms with Crippen LogP contribution in [-0.4, -0.2) is 40.2 Å². The highest BCUT2D eigenvalue weighted by Crippen LogP contribution is 2.32. The summed E-state index contributed by atoms with van der Waals surface area (Å²) in [6.45, 7) is 3.18. The zero-order valence-electron chi connectivity index (χ0n) is 14.4. The van der Waals surface area contributed by atoms with Crippen molar-refractivity contribution in [3.8, 4) is 0 Å². The van der Waals surface area contributed by atoms with Crippen molar-refractivity contribution in [3.63, 3.8) is 0 Å². The van der Waals surface area contributed by atoms with Gasteiger partial charge in [0.05, 0.1) is 5.60 Å². The molecule has 0 radical (unpaired) electrons. The van der Waals surface area contributed by atoms with Crippen molar-refractivity contribution < 1.29 is 9.90 Å². The first-order valence-electron chi connectivity index (χ1n) is 8.96. The molecule has 2 amide bonds. The normalized spacial score (nSPS) is 21.8. The van der Waals surface area contributed by atoms with Gasteiger partial charge in [0.15, 0.2) is 0 Å². The van der Waals surface area contributed by atoms with Crippen molar-refractivity contribution in [2.45, 2.75) is 57.1 Å². The lowest BCUT2D eigenvalue weighted by Gasteiger charge is -2.38. The second-order valence-corrected chi connectivity index (χ2v) is 6.96. The summed E-state index contributed by atoms with van der Waals surface area (Å²) in [6, 6.07) is 3.81. The number of allylic oxidation sites excluding steroid dienone is 1. The number of carbonyl (C=O) groups is 1. The van der Waals surface area contributed by atoms with E-state index in [1.165, 1.54) is 18.4 Å². The van der Waals surface area contributed by atoms with E-state index >= 15 is 0 Å². The quantitative estimate of drug-likeness (QED) is 0.838. The smallest absolute Gasteiger partial charge is 0.317 e. The summed E-state index contributed by atoms with van der Waals surface area (Å²) in [5, 5.41) is 13.9. The van der Waals surface area contributed by atoms with Crippen LogP contribution in [0.5, 0.6) is 0 Å². The van der Waals surface area contributed by atoms with Crippen LogP contribution < -0.4 is 5.32 Å². The molecule has 1 aliphatic heterocycles. The van der Waals surface area contributed by atoms with Crippen LogP contribution in [0.25, 0.3) is 0 Å². The Morgan fingerprint density at radius 3 is 2.79 bits per heavy atom.